The van der Waals surface area contributed by atoms with E-state index in [9.17, 15) is 4.79 Å². The summed E-state index contributed by atoms with van der Waals surface area (Å²) in [5.74, 6) is 1.35. The lowest BCUT2D eigenvalue weighted by atomic mass is 10.0. The van der Waals surface area contributed by atoms with Crippen molar-refractivity contribution < 1.29 is 19.0 Å². The molecule has 2 aliphatic heterocycles. The molecule has 0 saturated heterocycles. The zero-order valence-corrected chi connectivity index (χ0v) is 16.1. The van der Waals surface area contributed by atoms with Crippen molar-refractivity contribution in [3.8, 4) is 11.5 Å². The largest absolute Gasteiger partial charge is 0.478 e. The van der Waals surface area contributed by atoms with Crippen LogP contribution in [0, 0.1) is 0 Å². The van der Waals surface area contributed by atoms with Crippen molar-refractivity contribution in [1.82, 2.24) is 4.90 Å². The molecule has 0 spiro atoms. The summed E-state index contributed by atoms with van der Waals surface area (Å²) in [5, 5.41) is 0.991. The molecule has 0 unspecified atom stereocenters. The van der Waals surface area contributed by atoms with Crippen LogP contribution in [0.25, 0.3) is 6.08 Å². The molecule has 0 radical (unpaired) electrons. The van der Waals surface area contributed by atoms with Gasteiger partial charge in [0, 0.05) is 30.2 Å². The van der Waals surface area contributed by atoms with Gasteiger partial charge in [-0.05, 0) is 35.9 Å². The average molecular weight is 406 g/mol. The molecule has 0 saturated carbocycles. The van der Waals surface area contributed by atoms with Crippen molar-refractivity contribution in [3.63, 3.8) is 0 Å². The van der Waals surface area contributed by atoms with Crippen LogP contribution in [0.15, 0.2) is 36.1 Å². The molecule has 0 atom stereocenters. The Kier molecular flexibility index (Phi) is 5.10. The molecule has 4 rings (SSSR count). The number of carbonyl (C=O) groups excluding carboxylic acids is 1. The van der Waals surface area contributed by atoms with Gasteiger partial charge in [0.1, 0.15) is 18.2 Å². The number of ether oxygens (including phenoxy) is 3. The zero-order chi connectivity index (χ0) is 19.0. The van der Waals surface area contributed by atoms with Gasteiger partial charge in [0.2, 0.25) is 5.78 Å². The van der Waals surface area contributed by atoms with E-state index in [0.717, 1.165) is 17.9 Å². The predicted molar refractivity (Wildman–Crippen MR) is 104 cm³/mol. The number of hydrogen-bond acceptors (Lipinski definition) is 5. The number of fused-ring (bicyclic) bond motifs is 3. The van der Waals surface area contributed by atoms with Crippen LogP contribution in [-0.4, -0.2) is 37.7 Å². The van der Waals surface area contributed by atoms with E-state index in [1.807, 2.05) is 6.07 Å². The maximum atomic E-state index is 12.8. The van der Waals surface area contributed by atoms with Gasteiger partial charge in [-0.1, -0.05) is 29.3 Å². The first-order chi connectivity index (χ1) is 13.1. The van der Waals surface area contributed by atoms with E-state index >= 15 is 0 Å². The molecule has 2 aromatic rings. The van der Waals surface area contributed by atoms with Gasteiger partial charge in [0.25, 0.3) is 0 Å². The quantitative estimate of drug-likeness (QED) is 0.705. The van der Waals surface area contributed by atoms with Crippen molar-refractivity contribution in [3.05, 3.63) is 62.8 Å². The normalized spacial score (nSPS) is 17.4. The Morgan fingerprint density at radius 1 is 1.26 bits per heavy atom. The van der Waals surface area contributed by atoms with Crippen molar-refractivity contribution in [1.29, 1.82) is 0 Å². The van der Waals surface area contributed by atoms with Crippen LogP contribution < -0.4 is 9.47 Å². The van der Waals surface area contributed by atoms with Gasteiger partial charge < -0.3 is 14.2 Å². The Hall–Kier alpha value is -2.05. The summed E-state index contributed by atoms with van der Waals surface area (Å²) in [4.78, 5) is 14.9. The van der Waals surface area contributed by atoms with E-state index in [4.69, 9.17) is 37.4 Å². The van der Waals surface area contributed by atoms with Crippen LogP contribution in [0.4, 0.5) is 0 Å². The molecule has 0 amide bonds. The van der Waals surface area contributed by atoms with Crippen LogP contribution in [0.3, 0.4) is 0 Å². The minimum absolute atomic E-state index is 0.173. The second-order valence-electron chi connectivity index (χ2n) is 6.34. The smallest absolute Gasteiger partial charge is 0.231 e. The van der Waals surface area contributed by atoms with Crippen LogP contribution in [0.1, 0.15) is 21.5 Å². The molecular formula is C20H17Cl2NO4. The van der Waals surface area contributed by atoms with Crippen molar-refractivity contribution in [2.45, 2.75) is 6.54 Å². The summed E-state index contributed by atoms with van der Waals surface area (Å²) in [5.41, 5.74) is 2.07. The minimum atomic E-state index is -0.173. The fraction of sp³-hybridized carbons (Fsp3) is 0.250. The standard InChI is InChI=1S/C20H17Cl2NO4/c1-25-7-6-23-10-15-17(26-11-23)5-4-14-19(24)18(27-20(14)15)8-12-2-3-13(21)9-16(12)22/h2-5,8-9H,6-7,10-11H2,1H3/b18-8-. The highest BCUT2D eigenvalue weighted by Gasteiger charge is 2.33. The fourth-order valence-electron chi connectivity index (χ4n) is 3.13. The highest BCUT2D eigenvalue weighted by Crippen LogP contribution is 2.42. The maximum Gasteiger partial charge on any atom is 0.231 e. The lowest BCUT2D eigenvalue weighted by Crippen LogP contribution is -2.34. The van der Waals surface area contributed by atoms with Gasteiger partial charge in [-0.25, -0.2) is 0 Å². The summed E-state index contributed by atoms with van der Waals surface area (Å²) in [6, 6.07) is 8.66. The summed E-state index contributed by atoms with van der Waals surface area (Å²) in [6.45, 7) is 2.45. The van der Waals surface area contributed by atoms with E-state index in [-0.39, 0.29) is 11.5 Å². The topological polar surface area (TPSA) is 48.0 Å². The molecule has 0 fully saturated rings. The third-order valence-electron chi connectivity index (χ3n) is 4.54. The molecule has 5 nitrogen and oxygen atoms in total. The number of allylic oxidation sites excluding steroid dienone is 1. The molecule has 2 aliphatic rings. The highest BCUT2D eigenvalue weighted by atomic mass is 35.5. The number of ketones is 1. The monoisotopic (exact) mass is 405 g/mol. The number of benzene rings is 2. The van der Waals surface area contributed by atoms with E-state index < -0.39 is 0 Å². The second kappa shape index (κ2) is 7.52. The maximum absolute atomic E-state index is 12.8. The van der Waals surface area contributed by atoms with Gasteiger partial charge in [0.15, 0.2) is 5.76 Å². The third-order valence-corrected chi connectivity index (χ3v) is 5.11. The number of methoxy groups -OCH3 is 1. The Morgan fingerprint density at radius 2 is 2.11 bits per heavy atom. The van der Waals surface area contributed by atoms with Crippen molar-refractivity contribution in [2.75, 3.05) is 27.0 Å². The van der Waals surface area contributed by atoms with Crippen molar-refractivity contribution >= 4 is 35.1 Å². The van der Waals surface area contributed by atoms with Crippen LogP contribution in [0.5, 0.6) is 11.5 Å². The number of rotatable bonds is 4. The van der Waals surface area contributed by atoms with Crippen LogP contribution in [0.2, 0.25) is 10.0 Å². The van der Waals surface area contributed by atoms with E-state index in [0.29, 0.717) is 46.8 Å². The van der Waals surface area contributed by atoms with Gasteiger partial charge in [-0.2, -0.15) is 0 Å². The van der Waals surface area contributed by atoms with Gasteiger partial charge in [-0.3, -0.25) is 9.69 Å². The summed E-state index contributed by atoms with van der Waals surface area (Å²) >= 11 is 12.1. The lowest BCUT2D eigenvalue weighted by molar-refractivity contribution is 0.0646. The molecule has 0 aromatic heterocycles. The number of nitrogens with zero attached hydrogens (tertiary/aromatic N) is 1. The lowest BCUT2D eigenvalue weighted by Gasteiger charge is -2.29. The SMILES string of the molecule is COCCN1COc2ccc3c(c2C1)O/C(=C\c1ccc(Cl)cc1Cl)C3=O. The molecule has 140 valence electrons. The number of carbonyl (C=O) groups is 1. The van der Waals surface area contributed by atoms with Crippen LogP contribution >= 0.6 is 23.2 Å². The van der Waals surface area contributed by atoms with E-state index in [1.54, 1.807) is 37.5 Å². The summed E-state index contributed by atoms with van der Waals surface area (Å²) in [6.07, 6.45) is 1.64. The fourth-order valence-corrected chi connectivity index (χ4v) is 3.59. The molecule has 0 N–H and O–H groups in total. The summed E-state index contributed by atoms with van der Waals surface area (Å²) in [7, 11) is 1.66. The van der Waals surface area contributed by atoms with E-state index in [2.05, 4.69) is 4.90 Å². The summed E-state index contributed by atoms with van der Waals surface area (Å²) < 4.78 is 16.9. The molecule has 2 aromatic carbocycles. The molecule has 0 aliphatic carbocycles. The number of hydrogen-bond donors (Lipinski definition) is 0. The number of Topliss-reactive ketones (excluding diaryl/α,β-unsaturated/α-hetero) is 1. The van der Waals surface area contributed by atoms with Gasteiger partial charge >= 0.3 is 0 Å². The highest BCUT2D eigenvalue weighted by molar-refractivity contribution is 6.35. The third kappa shape index (κ3) is 3.56. The molecule has 27 heavy (non-hydrogen) atoms. The first-order valence-corrected chi connectivity index (χ1v) is 9.21. The molecule has 0 bridgehead atoms. The second-order valence-corrected chi connectivity index (χ2v) is 7.19. The molecular weight excluding hydrogens is 389 g/mol. The van der Waals surface area contributed by atoms with Gasteiger partial charge in [0.05, 0.1) is 17.7 Å². The van der Waals surface area contributed by atoms with E-state index in [1.165, 1.54) is 0 Å². The Labute approximate surface area is 167 Å². The Balaban J connectivity index is 1.65. The van der Waals surface area contributed by atoms with Crippen molar-refractivity contribution in [2.24, 2.45) is 0 Å². The predicted octanol–water partition coefficient (Wildman–Crippen LogP) is 4.41. The molecule has 2 heterocycles. The average Bonchev–Trinajstić information content (AvgIpc) is 2.98. The Bertz CT molecular complexity index is 942. The first-order valence-electron chi connectivity index (χ1n) is 8.46. The van der Waals surface area contributed by atoms with Crippen LogP contribution in [-0.2, 0) is 11.3 Å². The number of halogens is 2. The Morgan fingerprint density at radius 3 is 2.89 bits per heavy atom. The zero-order valence-electron chi connectivity index (χ0n) is 14.6. The minimum Gasteiger partial charge on any atom is -0.478 e. The first kappa shape index (κ1) is 18.3. The van der Waals surface area contributed by atoms with Gasteiger partial charge in [-0.15, -0.1) is 0 Å². The molecule has 7 heteroatoms.